The van der Waals surface area contributed by atoms with Gasteiger partial charge in [-0.15, -0.1) is 0 Å². The van der Waals surface area contributed by atoms with E-state index in [-0.39, 0.29) is 12.1 Å². The lowest BCUT2D eigenvalue weighted by Gasteiger charge is -2.15. The van der Waals surface area contributed by atoms with Gasteiger partial charge in [0.25, 0.3) is 0 Å². The SMILES string of the molecule is OC1CCC(Nc2ncncc2Oc2ccc(Cl)cc2)C1. The molecule has 1 aromatic carbocycles. The maximum Gasteiger partial charge on any atom is 0.187 e. The summed E-state index contributed by atoms with van der Waals surface area (Å²) in [4.78, 5) is 8.22. The topological polar surface area (TPSA) is 67.3 Å². The fourth-order valence-corrected chi connectivity index (χ4v) is 2.54. The lowest BCUT2D eigenvalue weighted by Crippen LogP contribution is -2.17. The number of benzene rings is 1. The first-order valence-corrected chi connectivity index (χ1v) is 7.26. The van der Waals surface area contributed by atoms with Gasteiger partial charge in [0.2, 0.25) is 0 Å². The second-order valence-electron chi connectivity index (χ2n) is 5.10. The Labute approximate surface area is 128 Å². The van der Waals surface area contributed by atoms with Gasteiger partial charge < -0.3 is 15.2 Å². The number of nitrogens with zero attached hydrogens (tertiary/aromatic N) is 2. The molecule has 2 N–H and O–H groups in total. The Morgan fingerprint density at radius 2 is 2.05 bits per heavy atom. The molecular formula is C15H16ClN3O2. The van der Waals surface area contributed by atoms with Gasteiger partial charge >= 0.3 is 0 Å². The number of nitrogens with one attached hydrogen (secondary N) is 1. The molecule has 0 bridgehead atoms. The molecule has 21 heavy (non-hydrogen) atoms. The molecule has 0 saturated heterocycles. The van der Waals surface area contributed by atoms with Crippen LogP contribution in [-0.2, 0) is 0 Å². The van der Waals surface area contributed by atoms with Crippen LogP contribution >= 0.6 is 11.6 Å². The van der Waals surface area contributed by atoms with E-state index in [9.17, 15) is 5.11 Å². The van der Waals surface area contributed by atoms with Gasteiger partial charge in [0.1, 0.15) is 12.1 Å². The summed E-state index contributed by atoms with van der Waals surface area (Å²) in [5.41, 5.74) is 0. The zero-order chi connectivity index (χ0) is 14.7. The fourth-order valence-electron chi connectivity index (χ4n) is 2.41. The molecule has 0 amide bonds. The Balaban J connectivity index is 1.74. The zero-order valence-corrected chi connectivity index (χ0v) is 12.1. The van der Waals surface area contributed by atoms with Gasteiger partial charge in [-0.05, 0) is 43.5 Å². The third-order valence-electron chi connectivity index (χ3n) is 3.47. The molecule has 1 heterocycles. The van der Waals surface area contributed by atoms with Gasteiger partial charge in [0, 0.05) is 11.1 Å². The van der Waals surface area contributed by atoms with Gasteiger partial charge in [0.15, 0.2) is 11.6 Å². The number of rotatable bonds is 4. The van der Waals surface area contributed by atoms with Crippen LogP contribution in [0.15, 0.2) is 36.8 Å². The minimum Gasteiger partial charge on any atom is -0.452 e. The van der Waals surface area contributed by atoms with Crippen molar-refractivity contribution in [2.75, 3.05) is 5.32 Å². The van der Waals surface area contributed by atoms with E-state index in [2.05, 4.69) is 15.3 Å². The summed E-state index contributed by atoms with van der Waals surface area (Å²) in [6.45, 7) is 0. The third kappa shape index (κ3) is 3.62. The van der Waals surface area contributed by atoms with E-state index in [0.717, 1.165) is 19.3 Å². The van der Waals surface area contributed by atoms with E-state index in [1.165, 1.54) is 6.33 Å². The van der Waals surface area contributed by atoms with Crippen molar-refractivity contribution in [3.63, 3.8) is 0 Å². The van der Waals surface area contributed by atoms with Crippen molar-refractivity contribution in [3.05, 3.63) is 41.8 Å². The summed E-state index contributed by atoms with van der Waals surface area (Å²) >= 11 is 5.86. The summed E-state index contributed by atoms with van der Waals surface area (Å²) in [6, 6.07) is 7.32. The van der Waals surface area contributed by atoms with Crippen molar-refractivity contribution < 1.29 is 9.84 Å². The Hall–Kier alpha value is -1.85. The van der Waals surface area contributed by atoms with Crippen LogP contribution in [0.5, 0.6) is 11.5 Å². The molecule has 0 radical (unpaired) electrons. The minimum absolute atomic E-state index is 0.211. The van der Waals surface area contributed by atoms with Crippen LogP contribution < -0.4 is 10.1 Å². The van der Waals surface area contributed by atoms with E-state index in [4.69, 9.17) is 16.3 Å². The summed E-state index contributed by atoms with van der Waals surface area (Å²) in [7, 11) is 0. The predicted molar refractivity (Wildman–Crippen MR) is 80.8 cm³/mol. The highest BCUT2D eigenvalue weighted by Gasteiger charge is 2.23. The van der Waals surface area contributed by atoms with Crippen molar-refractivity contribution in [2.24, 2.45) is 0 Å². The zero-order valence-electron chi connectivity index (χ0n) is 11.4. The molecule has 5 nitrogen and oxygen atoms in total. The van der Waals surface area contributed by atoms with Crippen LogP contribution in [0.4, 0.5) is 5.82 Å². The minimum atomic E-state index is -0.232. The van der Waals surface area contributed by atoms with Crippen molar-refractivity contribution in [3.8, 4) is 11.5 Å². The molecule has 1 saturated carbocycles. The Bertz CT molecular complexity index is 606. The Morgan fingerprint density at radius 3 is 2.76 bits per heavy atom. The first-order chi connectivity index (χ1) is 10.2. The van der Waals surface area contributed by atoms with E-state index in [1.807, 2.05) is 0 Å². The lowest BCUT2D eigenvalue weighted by atomic mass is 10.2. The van der Waals surface area contributed by atoms with Crippen LogP contribution in [-0.4, -0.2) is 27.2 Å². The highest BCUT2D eigenvalue weighted by molar-refractivity contribution is 6.30. The lowest BCUT2D eigenvalue weighted by molar-refractivity contribution is 0.182. The summed E-state index contributed by atoms with van der Waals surface area (Å²) in [5, 5.41) is 13.6. The average molecular weight is 306 g/mol. The van der Waals surface area contributed by atoms with Gasteiger partial charge in [-0.2, -0.15) is 0 Å². The van der Waals surface area contributed by atoms with E-state index in [1.54, 1.807) is 30.5 Å². The molecule has 2 unspecified atom stereocenters. The number of hydrogen-bond donors (Lipinski definition) is 2. The fraction of sp³-hybridized carbons (Fsp3) is 0.333. The first-order valence-electron chi connectivity index (χ1n) is 6.89. The number of halogens is 1. The molecule has 6 heteroatoms. The molecule has 1 aliphatic carbocycles. The predicted octanol–water partition coefficient (Wildman–Crippen LogP) is 3.25. The monoisotopic (exact) mass is 305 g/mol. The Kier molecular flexibility index (Phi) is 4.22. The number of hydrogen-bond acceptors (Lipinski definition) is 5. The average Bonchev–Trinajstić information content (AvgIpc) is 2.89. The number of aliphatic hydroxyl groups is 1. The molecule has 0 aliphatic heterocycles. The number of aromatic nitrogens is 2. The van der Waals surface area contributed by atoms with Gasteiger partial charge in [-0.25, -0.2) is 9.97 Å². The smallest absolute Gasteiger partial charge is 0.187 e. The highest BCUT2D eigenvalue weighted by Crippen LogP contribution is 2.30. The summed E-state index contributed by atoms with van der Waals surface area (Å²) in [5.74, 6) is 1.86. The Morgan fingerprint density at radius 1 is 1.24 bits per heavy atom. The van der Waals surface area contributed by atoms with Gasteiger partial charge in [-0.3, -0.25) is 0 Å². The van der Waals surface area contributed by atoms with Gasteiger partial charge in [0.05, 0.1) is 12.3 Å². The summed E-state index contributed by atoms with van der Waals surface area (Å²) in [6.07, 6.45) is 5.33. The maximum atomic E-state index is 9.59. The normalized spacial score (nSPS) is 21.2. The third-order valence-corrected chi connectivity index (χ3v) is 3.72. The van der Waals surface area contributed by atoms with Crippen LogP contribution in [0, 0.1) is 0 Å². The van der Waals surface area contributed by atoms with Gasteiger partial charge in [-0.1, -0.05) is 11.6 Å². The molecular weight excluding hydrogens is 290 g/mol. The van der Waals surface area contributed by atoms with Crippen LogP contribution in [0.25, 0.3) is 0 Å². The van der Waals surface area contributed by atoms with E-state index >= 15 is 0 Å². The number of anilines is 1. The molecule has 1 aromatic heterocycles. The summed E-state index contributed by atoms with van der Waals surface area (Å²) < 4.78 is 5.79. The van der Waals surface area contributed by atoms with E-state index in [0.29, 0.717) is 22.3 Å². The van der Waals surface area contributed by atoms with Crippen LogP contribution in [0.3, 0.4) is 0 Å². The van der Waals surface area contributed by atoms with Crippen LogP contribution in [0.2, 0.25) is 5.02 Å². The number of ether oxygens (including phenoxy) is 1. The van der Waals surface area contributed by atoms with Crippen molar-refractivity contribution in [2.45, 2.75) is 31.4 Å². The molecule has 1 aliphatic rings. The molecule has 110 valence electrons. The van der Waals surface area contributed by atoms with Crippen molar-refractivity contribution in [1.82, 2.24) is 9.97 Å². The maximum absolute atomic E-state index is 9.59. The number of aliphatic hydroxyl groups excluding tert-OH is 1. The quantitative estimate of drug-likeness (QED) is 0.907. The van der Waals surface area contributed by atoms with Crippen molar-refractivity contribution in [1.29, 1.82) is 0 Å². The largest absolute Gasteiger partial charge is 0.452 e. The second-order valence-corrected chi connectivity index (χ2v) is 5.54. The molecule has 2 atom stereocenters. The molecule has 0 spiro atoms. The molecule has 3 rings (SSSR count). The van der Waals surface area contributed by atoms with Crippen molar-refractivity contribution >= 4 is 17.4 Å². The first kappa shape index (κ1) is 14.1. The van der Waals surface area contributed by atoms with Crippen LogP contribution in [0.1, 0.15) is 19.3 Å². The standard InChI is InChI=1S/C15H16ClN3O2/c16-10-1-5-13(6-2-10)21-14-8-17-9-18-15(14)19-11-3-4-12(20)7-11/h1-2,5-6,8-9,11-12,20H,3-4,7H2,(H,17,18,19). The highest BCUT2D eigenvalue weighted by atomic mass is 35.5. The second kappa shape index (κ2) is 6.28. The molecule has 1 fully saturated rings. The van der Waals surface area contributed by atoms with E-state index < -0.39 is 0 Å². The molecule has 2 aromatic rings.